The highest BCUT2D eigenvalue weighted by Crippen LogP contribution is 2.37. The predicted molar refractivity (Wildman–Crippen MR) is 109 cm³/mol. The molecular formula is C20H20N4O2S. The van der Waals surface area contributed by atoms with Gasteiger partial charge in [-0.25, -0.2) is 4.98 Å². The third-order valence-corrected chi connectivity index (χ3v) is 4.54. The van der Waals surface area contributed by atoms with Gasteiger partial charge in [0.15, 0.2) is 16.6 Å². The number of anilines is 1. The van der Waals surface area contributed by atoms with Crippen LogP contribution in [0.2, 0.25) is 0 Å². The Hall–Kier alpha value is -3.06. The second kappa shape index (κ2) is 8.09. The van der Waals surface area contributed by atoms with Crippen LogP contribution < -0.4 is 20.1 Å². The number of thiocarbonyl (C=S) groups is 1. The molecule has 0 bridgehead atoms. The number of imidazole rings is 1. The molecule has 0 fully saturated rings. The van der Waals surface area contributed by atoms with Crippen molar-refractivity contribution in [1.82, 2.24) is 14.9 Å². The molecule has 0 saturated heterocycles. The van der Waals surface area contributed by atoms with E-state index in [2.05, 4.69) is 21.7 Å². The van der Waals surface area contributed by atoms with Crippen LogP contribution in [0.1, 0.15) is 6.42 Å². The van der Waals surface area contributed by atoms with Gasteiger partial charge in [0.25, 0.3) is 0 Å². The standard InChI is InChI=1S/C20H20N4O2S/c27-20(22-8-3-10-24-11-9-21-13-24)23-17-5-2-1-4-16(17)15-6-7-18-19(12-15)26-14-25-18/h1-2,4-7,9,11-13H,3,8,10,14H2,(H2,22,23,27). The highest BCUT2D eigenvalue weighted by Gasteiger charge is 2.15. The molecule has 7 heteroatoms. The molecule has 0 amide bonds. The van der Waals surface area contributed by atoms with E-state index in [-0.39, 0.29) is 6.79 Å². The molecule has 2 N–H and O–H groups in total. The lowest BCUT2D eigenvalue weighted by molar-refractivity contribution is 0.174. The Kier molecular flexibility index (Phi) is 5.20. The van der Waals surface area contributed by atoms with Crippen molar-refractivity contribution in [1.29, 1.82) is 0 Å². The quantitative estimate of drug-likeness (QED) is 0.503. The van der Waals surface area contributed by atoms with Gasteiger partial charge in [0.05, 0.1) is 6.33 Å². The second-order valence-corrected chi connectivity index (χ2v) is 6.56. The van der Waals surface area contributed by atoms with Crippen LogP contribution in [-0.2, 0) is 6.54 Å². The number of benzene rings is 2. The summed E-state index contributed by atoms with van der Waals surface area (Å²) in [5, 5.41) is 7.16. The van der Waals surface area contributed by atoms with Crippen molar-refractivity contribution in [3.05, 3.63) is 61.2 Å². The Labute approximate surface area is 163 Å². The van der Waals surface area contributed by atoms with E-state index in [9.17, 15) is 0 Å². The Morgan fingerprint density at radius 3 is 2.93 bits per heavy atom. The molecule has 0 saturated carbocycles. The molecule has 1 aromatic heterocycles. The maximum Gasteiger partial charge on any atom is 0.231 e. The highest BCUT2D eigenvalue weighted by molar-refractivity contribution is 7.80. The van der Waals surface area contributed by atoms with Crippen LogP contribution in [0.5, 0.6) is 11.5 Å². The van der Waals surface area contributed by atoms with Crippen LogP contribution in [0.3, 0.4) is 0 Å². The van der Waals surface area contributed by atoms with E-state index >= 15 is 0 Å². The number of hydrogen-bond acceptors (Lipinski definition) is 4. The number of ether oxygens (including phenoxy) is 2. The van der Waals surface area contributed by atoms with Gasteiger partial charge in [0, 0.05) is 36.7 Å². The third kappa shape index (κ3) is 4.20. The highest BCUT2D eigenvalue weighted by atomic mass is 32.1. The van der Waals surface area contributed by atoms with Gasteiger partial charge >= 0.3 is 0 Å². The molecule has 4 rings (SSSR count). The zero-order valence-corrected chi connectivity index (χ0v) is 15.5. The minimum absolute atomic E-state index is 0.270. The third-order valence-electron chi connectivity index (χ3n) is 4.30. The molecule has 0 unspecified atom stereocenters. The van der Waals surface area contributed by atoms with Crippen molar-refractivity contribution in [2.24, 2.45) is 0 Å². The van der Waals surface area contributed by atoms with Crippen LogP contribution in [0.4, 0.5) is 5.69 Å². The summed E-state index contributed by atoms with van der Waals surface area (Å²) in [6.07, 6.45) is 6.52. The summed E-state index contributed by atoms with van der Waals surface area (Å²) in [5.74, 6) is 1.54. The molecule has 27 heavy (non-hydrogen) atoms. The minimum atomic E-state index is 0.270. The normalized spacial score (nSPS) is 12.0. The molecular weight excluding hydrogens is 360 g/mol. The molecule has 0 spiro atoms. The van der Waals surface area contributed by atoms with E-state index in [1.807, 2.05) is 53.5 Å². The summed E-state index contributed by atoms with van der Waals surface area (Å²) in [5.41, 5.74) is 3.05. The fraction of sp³-hybridized carbons (Fsp3) is 0.200. The summed E-state index contributed by atoms with van der Waals surface area (Å²) in [7, 11) is 0. The Balaban J connectivity index is 1.38. The first-order valence-electron chi connectivity index (χ1n) is 8.79. The topological polar surface area (TPSA) is 60.3 Å². The first-order valence-corrected chi connectivity index (χ1v) is 9.20. The van der Waals surface area contributed by atoms with Gasteiger partial charge in [-0.1, -0.05) is 24.3 Å². The number of aryl methyl sites for hydroxylation is 1. The second-order valence-electron chi connectivity index (χ2n) is 6.15. The van der Waals surface area contributed by atoms with Gasteiger partial charge in [-0.3, -0.25) is 0 Å². The number of rotatable bonds is 6. The molecule has 3 aromatic rings. The number of nitrogens with zero attached hydrogens (tertiary/aromatic N) is 2. The van der Waals surface area contributed by atoms with Crippen LogP contribution in [0, 0.1) is 0 Å². The lowest BCUT2D eigenvalue weighted by Gasteiger charge is -2.14. The largest absolute Gasteiger partial charge is 0.454 e. The number of para-hydroxylation sites is 1. The minimum Gasteiger partial charge on any atom is -0.454 e. The van der Waals surface area contributed by atoms with E-state index in [1.54, 1.807) is 6.20 Å². The van der Waals surface area contributed by atoms with E-state index in [0.717, 1.165) is 47.8 Å². The zero-order valence-electron chi connectivity index (χ0n) is 14.7. The van der Waals surface area contributed by atoms with Crippen molar-refractivity contribution in [3.63, 3.8) is 0 Å². The Bertz CT molecular complexity index is 927. The Morgan fingerprint density at radius 1 is 1.15 bits per heavy atom. The number of nitrogens with one attached hydrogen (secondary N) is 2. The average Bonchev–Trinajstić information content (AvgIpc) is 3.37. The van der Waals surface area contributed by atoms with Crippen LogP contribution in [-0.4, -0.2) is 28.0 Å². The molecule has 138 valence electrons. The predicted octanol–water partition coefficient (Wildman–Crippen LogP) is 3.66. The summed E-state index contributed by atoms with van der Waals surface area (Å²) in [6.45, 7) is 1.96. The molecule has 2 heterocycles. The Morgan fingerprint density at radius 2 is 2.04 bits per heavy atom. The van der Waals surface area contributed by atoms with E-state index < -0.39 is 0 Å². The number of fused-ring (bicyclic) bond motifs is 1. The lowest BCUT2D eigenvalue weighted by atomic mass is 10.0. The van der Waals surface area contributed by atoms with Crippen molar-refractivity contribution in [3.8, 4) is 22.6 Å². The van der Waals surface area contributed by atoms with Crippen molar-refractivity contribution in [2.45, 2.75) is 13.0 Å². The molecule has 0 aliphatic carbocycles. The SMILES string of the molecule is S=C(NCCCn1ccnc1)Nc1ccccc1-c1ccc2c(c1)OCO2. The van der Waals surface area contributed by atoms with Crippen molar-refractivity contribution in [2.75, 3.05) is 18.7 Å². The molecule has 1 aliphatic rings. The molecule has 6 nitrogen and oxygen atoms in total. The fourth-order valence-corrected chi connectivity index (χ4v) is 3.17. The smallest absolute Gasteiger partial charge is 0.231 e. The van der Waals surface area contributed by atoms with Crippen molar-refractivity contribution >= 4 is 23.0 Å². The maximum absolute atomic E-state index is 5.49. The monoisotopic (exact) mass is 380 g/mol. The van der Waals surface area contributed by atoms with Gasteiger partial charge < -0.3 is 24.7 Å². The summed E-state index contributed by atoms with van der Waals surface area (Å²) < 4.78 is 12.9. The first-order chi connectivity index (χ1) is 13.3. The fourth-order valence-electron chi connectivity index (χ4n) is 2.96. The van der Waals surface area contributed by atoms with E-state index in [4.69, 9.17) is 21.7 Å². The van der Waals surface area contributed by atoms with Crippen molar-refractivity contribution < 1.29 is 9.47 Å². The van der Waals surface area contributed by atoms with Crippen LogP contribution in [0.25, 0.3) is 11.1 Å². The molecule has 0 radical (unpaired) electrons. The van der Waals surface area contributed by atoms with Gasteiger partial charge in [0.2, 0.25) is 6.79 Å². The van der Waals surface area contributed by atoms with Gasteiger partial charge in [-0.05, 0) is 42.4 Å². The zero-order chi connectivity index (χ0) is 18.5. The van der Waals surface area contributed by atoms with Gasteiger partial charge in [0.1, 0.15) is 0 Å². The first kappa shape index (κ1) is 17.4. The van der Waals surface area contributed by atoms with Crippen LogP contribution >= 0.6 is 12.2 Å². The molecule has 2 aromatic carbocycles. The lowest BCUT2D eigenvalue weighted by Crippen LogP contribution is -2.29. The van der Waals surface area contributed by atoms with E-state index in [1.165, 1.54) is 0 Å². The van der Waals surface area contributed by atoms with Gasteiger partial charge in [-0.15, -0.1) is 0 Å². The van der Waals surface area contributed by atoms with E-state index in [0.29, 0.717) is 5.11 Å². The number of hydrogen-bond donors (Lipinski definition) is 2. The summed E-state index contributed by atoms with van der Waals surface area (Å²) in [6, 6.07) is 14.0. The summed E-state index contributed by atoms with van der Waals surface area (Å²) in [4.78, 5) is 4.04. The molecule has 1 aliphatic heterocycles. The molecule has 0 atom stereocenters. The van der Waals surface area contributed by atoms with Gasteiger partial charge in [-0.2, -0.15) is 0 Å². The summed E-state index contributed by atoms with van der Waals surface area (Å²) >= 11 is 5.45. The average molecular weight is 380 g/mol. The maximum atomic E-state index is 5.49. The van der Waals surface area contributed by atoms with Crippen LogP contribution in [0.15, 0.2) is 61.2 Å². The number of aromatic nitrogens is 2.